The van der Waals surface area contributed by atoms with Crippen molar-refractivity contribution in [1.82, 2.24) is 0 Å². The van der Waals surface area contributed by atoms with E-state index in [1.54, 1.807) is 24.3 Å². The second kappa shape index (κ2) is 9.07. The number of rotatable bonds is 5. The Morgan fingerprint density at radius 1 is 0.900 bits per heavy atom. The minimum atomic E-state index is -2.77. The van der Waals surface area contributed by atoms with E-state index in [9.17, 15) is 17.6 Å². The second-order valence-corrected chi connectivity index (χ2v) is 9.20. The van der Waals surface area contributed by atoms with E-state index in [0.717, 1.165) is 23.8 Å². The lowest BCUT2D eigenvalue weighted by atomic mass is 10.0. The lowest BCUT2D eigenvalue weighted by molar-refractivity contribution is -0.102. The van der Waals surface area contributed by atoms with E-state index in [1.807, 2.05) is 6.92 Å². The molecule has 0 bridgehead atoms. The van der Waals surface area contributed by atoms with Gasteiger partial charge >= 0.3 is 0 Å². The molecular weight excluding hydrogens is 629 g/mol. The normalized spacial score (nSPS) is 14.4. The first-order valence-electron chi connectivity index (χ1n) is 8.77. The first-order valence-corrected chi connectivity index (χ1v) is 10.9. The van der Waals surface area contributed by atoms with Crippen LogP contribution in [-0.2, 0) is 8.60 Å². The number of ether oxygens (including phenoxy) is 1. The van der Waals surface area contributed by atoms with Gasteiger partial charge in [-0.15, -0.1) is 0 Å². The van der Waals surface area contributed by atoms with Gasteiger partial charge in [0, 0.05) is 5.56 Å². The average molecular weight is 644 g/mol. The molecule has 0 aliphatic carbocycles. The molecule has 0 aromatic heterocycles. The van der Waals surface area contributed by atoms with Gasteiger partial charge in [-0.1, -0.05) is 35.9 Å². The van der Waals surface area contributed by atoms with Crippen molar-refractivity contribution in [3.05, 3.63) is 92.1 Å². The number of aryl methyl sites for hydroxylation is 1. The Morgan fingerprint density at radius 2 is 1.47 bits per heavy atom. The Kier molecular flexibility index (Phi) is 7.08. The summed E-state index contributed by atoms with van der Waals surface area (Å²) in [6.07, 6.45) is -1.13. The fourth-order valence-corrected chi connectivity index (χ4v) is 4.00. The zero-order valence-electron chi connectivity index (χ0n) is 15.8. The van der Waals surface area contributed by atoms with Crippen molar-refractivity contribution >= 4 is 45.2 Å². The Labute approximate surface area is 197 Å². The molecule has 8 heteroatoms. The Balaban J connectivity index is 1.92. The van der Waals surface area contributed by atoms with Crippen LogP contribution in [0.1, 0.15) is 29.7 Å². The summed E-state index contributed by atoms with van der Waals surface area (Å²) >= 11 is 2.70. The second-order valence-electron chi connectivity index (χ2n) is 6.73. The van der Waals surface area contributed by atoms with E-state index in [4.69, 9.17) is 4.74 Å². The van der Waals surface area contributed by atoms with Crippen molar-refractivity contribution in [3.8, 4) is 11.1 Å². The molecule has 1 unspecified atom stereocenters. The number of hydrogen-bond acceptors (Lipinski definition) is 1. The summed E-state index contributed by atoms with van der Waals surface area (Å²) < 4.78 is 74.5. The third-order valence-corrected chi connectivity index (χ3v) is 6.42. The maximum atomic E-state index is 15.2. The third kappa shape index (κ3) is 4.80. The van der Waals surface area contributed by atoms with Gasteiger partial charge in [-0.25, -0.2) is 17.6 Å². The predicted molar refractivity (Wildman–Crippen MR) is 122 cm³/mol. The lowest BCUT2D eigenvalue weighted by Crippen LogP contribution is -2.21. The highest BCUT2D eigenvalue weighted by atomic mass is 127. The van der Waals surface area contributed by atoms with Gasteiger partial charge in [-0.05, 0) is 88.4 Å². The number of benzene rings is 3. The van der Waals surface area contributed by atoms with Crippen molar-refractivity contribution in [2.24, 2.45) is 0 Å². The van der Waals surface area contributed by atoms with Crippen LogP contribution in [0.3, 0.4) is 0 Å². The van der Waals surface area contributed by atoms with E-state index >= 15 is 4.39 Å². The van der Waals surface area contributed by atoms with Crippen LogP contribution in [0.25, 0.3) is 11.1 Å². The summed E-state index contributed by atoms with van der Waals surface area (Å²) in [7, 11) is 0. The van der Waals surface area contributed by atoms with E-state index in [-0.39, 0.29) is 14.7 Å². The summed E-state index contributed by atoms with van der Waals surface area (Å²) in [6.45, 7) is 3.23. The fraction of sp³-hybridized carbons (Fsp3) is 0.182. The van der Waals surface area contributed by atoms with Crippen molar-refractivity contribution in [1.29, 1.82) is 0 Å². The summed E-state index contributed by atoms with van der Waals surface area (Å²) in [5, 5.41) is 0. The topological polar surface area (TPSA) is 9.23 Å². The van der Waals surface area contributed by atoms with Gasteiger partial charge < -0.3 is 4.74 Å². The van der Waals surface area contributed by atoms with E-state index in [2.05, 4.69) is 0 Å². The Bertz CT molecular complexity index is 1060. The maximum Gasteiger partial charge on any atom is 0.290 e. The molecule has 0 radical (unpaired) electrons. The van der Waals surface area contributed by atoms with E-state index < -0.39 is 38.8 Å². The molecule has 0 saturated heterocycles. The third-order valence-electron chi connectivity index (χ3n) is 4.56. The SMILES string of the molecule is Cc1ccc(-c2ccc(C(F)(I)O[C@@H](C)c3cc(F)c(I)c(F)c3)c(F)c2F)cc1. The van der Waals surface area contributed by atoms with Crippen LogP contribution >= 0.6 is 45.2 Å². The number of halogens is 7. The summed E-state index contributed by atoms with van der Waals surface area (Å²) in [4.78, 5) is 0. The van der Waals surface area contributed by atoms with Gasteiger partial charge in [0.05, 0.1) is 15.2 Å². The minimum absolute atomic E-state index is 0.0155. The smallest absolute Gasteiger partial charge is 0.290 e. The molecule has 0 heterocycles. The Hall–Kier alpha value is -1.27. The van der Waals surface area contributed by atoms with Crippen LogP contribution in [0.4, 0.5) is 22.0 Å². The summed E-state index contributed by atoms with van der Waals surface area (Å²) in [5.41, 5.74) is 0.757. The molecule has 3 rings (SSSR count). The molecule has 0 saturated carbocycles. The Morgan fingerprint density at radius 3 is 2.03 bits per heavy atom. The monoisotopic (exact) mass is 644 g/mol. The lowest BCUT2D eigenvalue weighted by Gasteiger charge is -2.25. The van der Waals surface area contributed by atoms with E-state index in [0.29, 0.717) is 5.56 Å². The van der Waals surface area contributed by atoms with Crippen LogP contribution in [-0.4, -0.2) is 0 Å². The predicted octanol–water partition coefficient (Wildman–Crippen LogP) is 8.12. The average Bonchev–Trinajstić information content (AvgIpc) is 2.68. The molecule has 2 atom stereocenters. The van der Waals surface area contributed by atoms with Gasteiger partial charge in [0.2, 0.25) is 0 Å². The quantitative estimate of drug-likeness (QED) is 0.118. The summed E-state index contributed by atoms with van der Waals surface area (Å²) in [5.74, 6) is -4.24. The molecule has 3 aromatic rings. The largest absolute Gasteiger partial charge is 0.327 e. The van der Waals surface area contributed by atoms with Gasteiger partial charge in [-0.3, -0.25) is 0 Å². The van der Waals surface area contributed by atoms with Crippen molar-refractivity contribution in [3.63, 3.8) is 0 Å². The molecule has 3 aromatic carbocycles. The van der Waals surface area contributed by atoms with E-state index in [1.165, 1.54) is 58.2 Å². The fourth-order valence-electron chi connectivity index (χ4n) is 2.89. The number of hydrogen-bond donors (Lipinski definition) is 0. The van der Waals surface area contributed by atoms with Crippen LogP contribution in [0.15, 0.2) is 48.5 Å². The minimum Gasteiger partial charge on any atom is -0.327 e. The molecule has 0 spiro atoms. The first kappa shape index (κ1) is 23.4. The van der Waals surface area contributed by atoms with Crippen molar-refractivity contribution < 1.29 is 26.7 Å². The van der Waals surface area contributed by atoms with Crippen molar-refractivity contribution in [2.75, 3.05) is 0 Å². The molecule has 0 amide bonds. The maximum absolute atomic E-state index is 15.2. The molecule has 30 heavy (non-hydrogen) atoms. The van der Waals surface area contributed by atoms with Crippen LogP contribution < -0.4 is 0 Å². The van der Waals surface area contributed by atoms with Gasteiger partial charge in [-0.2, -0.15) is 4.39 Å². The van der Waals surface area contributed by atoms with Crippen molar-refractivity contribution in [2.45, 2.75) is 23.8 Å². The zero-order chi connectivity index (χ0) is 22.2. The van der Waals surface area contributed by atoms with Crippen LogP contribution in [0.5, 0.6) is 0 Å². The van der Waals surface area contributed by atoms with Gasteiger partial charge in [0.15, 0.2) is 11.6 Å². The molecule has 0 fully saturated rings. The number of alkyl halides is 2. The highest BCUT2D eigenvalue weighted by Gasteiger charge is 2.37. The van der Waals surface area contributed by atoms with Gasteiger partial charge in [0.1, 0.15) is 11.6 Å². The molecule has 0 aliphatic heterocycles. The summed E-state index contributed by atoms with van der Waals surface area (Å²) in [6, 6.07) is 11.2. The molecule has 0 N–H and O–H groups in total. The molecule has 158 valence electrons. The zero-order valence-corrected chi connectivity index (χ0v) is 20.1. The van der Waals surface area contributed by atoms with Gasteiger partial charge in [0.25, 0.3) is 3.86 Å². The molecule has 1 nitrogen and oxygen atoms in total. The first-order chi connectivity index (χ1) is 14.0. The van der Waals surface area contributed by atoms with Crippen LogP contribution in [0, 0.1) is 33.8 Å². The standard InChI is InChI=1S/C22H15F5I2O/c1-11-3-5-13(6-4-11)15-7-8-16(20(26)19(15)25)22(27,29)30-12(2)14-9-17(23)21(28)18(24)10-14/h3-10,12H,1-2H3/t12-,22?/m0/s1. The van der Waals surface area contributed by atoms with Crippen LogP contribution in [0.2, 0.25) is 0 Å². The molecular formula is C22H15F5I2O. The highest BCUT2D eigenvalue weighted by molar-refractivity contribution is 14.1. The highest BCUT2D eigenvalue weighted by Crippen LogP contribution is 2.43. The molecule has 0 aliphatic rings.